The Morgan fingerprint density at radius 3 is 3.00 bits per heavy atom. The van der Waals surface area contributed by atoms with E-state index in [4.69, 9.17) is 0 Å². The Hall–Kier alpha value is -0.650. The van der Waals surface area contributed by atoms with E-state index < -0.39 is 0 Å². The first-order chi connectivity index (χ1) is 9.72. The number of nitrogens with zero attached hydrogens (tertiary/aromatic N) is 1. The van der Waals surface area contributed by atoms with Crippen LogP contribution in [0, 0.1) is 11.8 Å². The number of carbonyl (C=O) groups is 1. The molecule has 4 nitrogen and oxygen atoms in total. The second-order valence-electron chi connectivity index (χ2n) is 6.19. The maximum Gasteiger partial charge on any atom is 0.226 e. The Labute approximate surface area is 136 Å². The number of anilines is 1. The molecule has 2 heterocycles. The highest BCUT2D eigenvalue weighted by molar-refractivity contribution is 7.13. The lowest BCUT2D eigenvalue weighted by Crippen LogP contribution is -2.34. The fraction of sp³-hybridized carbons (Fsp3) is 0.733. The number of hydrogen-bond donors (Lipinski definition) is 2. The lowest BCUT2D eigenvalue weighted by Gasteiger charge is -2.27. The van der Waals surface area contributed by atoms with Gasteiger partial charge in [-0.15, -0.1) is 23.7 Å². The Balaban J connectivity index is 0.00000161. The van der Waals surface area contributed by atoms with Gasteiger partial charge in [0.2, 0.25) is 5.91 Å². The van der Waals surface area contributed by atoms with Crippen molar-refractivity contribution < 1.29 is 4.79 Å². The molecule has 1 aromatic heterocycles. The number of nitrogens with one attached hydrogen (secondary N) is 2. The molecule has 0 aromatic carbocycles. The maximum atomic E-state index is 12.1. The lowest BCUT2D eigenvalue weighted by molar-refractivity contribution is -0.117. The molecule has 1 aromatic rings. The molecule has 2 fully saturated rings. The van der Waals surface area contributed by atoms with Crippen LogP contribution in [0.5, 0.6) is 0 Å². The Kier molecular flexibility index (Phi) is 6.02. The second-order valence-corrected chi connectivity index (χ2v) is 7.05. The third kappa shape index (κ3) is 4.66. The van der Waals surface area contributed by atoms with Crippen molar-refractivity contribution >= 4 is 34.8 Å². The highest BCUT2D eigenvalue weighted by Gasteiger charge is 2.26. The molecule has 2 N–H and O–H groups in total. The van der Waals surface area contributed by atoms with Crippen LogP contribution in [0.2, 0.25) is 0 Å². The van der Waals surface area contributed by atoms with Crippen LogP contribution >= 0.6 is 23.7 Å². The smallest absolute Gasteiger partial charge is 0.226 e. The molecule has 118 valence electrons. The van der Waals surface area contributed by atoms with Gasteiger partial charge in [-0.25, -0.2) is 4.98 Å². The van der Waals surface area contributed by atoms with Gasteiger partial charge in [0, 0.05) is 17.7 Å². The zero-order chi connectivity index (χ0) is 13.9. The topological polar surface area (TPSA) is 54.0 Å². The van der Waals surface area contributed by atoms with Gasteiger partial charge in [-0.2, -0.15) is 0 Å². The fourth-order valence-electron chi connectivity index (χ4n) is 2.90. The van der Waals surface area contributed by atoms with E-state index in [0.717, 1.165) is 23.9 Å². The molecule has 1 amide bonds. The summed E-state index contributed by atoms with van der Waals surface area (Å²) in [5.74, 6) is 1.84. The van der Waals surface area contributed by atoms with Gasteiger partial charge in [-0.05, 0) is 50.6 Å². The van der Waals surface area contributed by atoms with Gasteiger partial charge in [-0.3, -0.25) is 4.79 Å². The molecule has 2 unspecified atom stereocenters. The molecule has 3 rings (SSSR count). The SMILES string of the molecule is CC(CC(=O)Nc1nc(C2CC2)cs1)C1CCCNC1.Cl. The average Bonchev–Trinajstić information content (AvgIpc) is 3.20. The summed E-state index contributed by atoms with van der Waals surface area (Å²) in [7, 11) is 0. The number of hydrogen-bond acceptors (Lipinski definition) is 4. The minimum atomic E-state index is 0. The molecule has 1 saturated heterocycles. The lowest BCUT2D eigenvalue weighted by atomic mass is 9.85. The number of carbonyl (C=O) groups excluding carboxylic acids is 1. The van der Waals surface area contributed by atoms with E-state index in [1.165, 1.54) is 25.7 Å². The number of piperidine rings is 1. The summed E-state index contributed by atoms with van der Waals surface area (Å²) in [6.45, 7) is 4.37. The third-order valence-corrected chi connectivity index (χ3v) is 5.19. The van der Waals surface area contributed by atoms with Crippen LogP contribution in [0.4, 0.5) is 5.13 Å². The van der Waals surface area contributed by atoms with Crippen molar-refractivity contribution in [1.82, 2.24) is 10.3 Å². The molecular weight excluding hydrogens is 306 g/mol. The van der Waals surface area contributed by atoms with E-state index in [1.807, 2.05) is 0 Å². The van der Waals surface area contributed by atoms with Crippen molar-refractivity contribution in [1.29, 1.82) is 0 Å². The standard InChI is InChI=1S/C15H23N3OS.ClH/c1-10(12-3-2-6-16-8-12)7-14(19)18-15-17-13(9-20-15)11-4-5-11;/h9-12,16H,2-8H2,1H3,(H,17,18,19);1H. The van der Waals surface area contributed by atoms with Gasteiger partial charge in [0.15, 0.2) is 5.13 Å². The van der Waals surface area contributed by atoms with Gasteiger partial charge >= 0.3 is 0 Å². The van der Waals surface area contributed by atoms with Gasteiger partial charge in [0.1, 0.15) is 0 Å². The predicted molar refractivity (Wildman–Crippen MR) is 89.3 cm³/mol. The number of amides is 1. The van der Waals surface area contributed by atoms with Crippen LogP contribution < -0.4 is 10.6 Å². The normalized spacial score (nSPS) is 23.2. The highest BCUT2D eigenvalue weighted by atomic mass is 35.5. The predicted octanol–water partition coefficient (Wildman–Crippen LogP) is 3.41. The van der Waals surface area contributed by atoms with Crippen molar-refractivity contribution in [2.45, 2.75) is 44.9 Å². The Morgan fingerprint density at radius 1 is 1.52 bits per heavy atom. The van der Waals surface area contributed by atoms with E-state index in [-0.39, 0.29) is 18.3 Å². The van der Waals surface area contributed by atoms with Crippen LogP contribution in [0.3, 0.4) is 0 Å². The molecule has 0 bridgehead atoms. The molecule has 2 aliphatic rings. The molecule has 6 heteroatoms. The van der Waals surface area contributed by atoms with Crippen LogP contribution in [0.15, 0.2) is 5.38 Å². The summed E-state index contributed by atoms with van der Waals surface area (Å²) in [4.78, 5) is 16.6. The Morgan fingerprint density at radius 2 is 2.33 bits per heavy atom. The molecule has 2 atom stereocenters. The summed E-state index contributed by atoms with van der Waals surface area (Å²) < 4.78 is 0. The van der Waals surface area contributed by atoms with Crippen LogP contribution in [-0.2, 0) is 4.79 Å². The van der Waals surface area contributed by atoms with Gasteiger partial charge < -0.3 is 10.6 Å². The number of aromatic nitrogens is 1. The summed E-state index contributed by atoms with van der Waals surface area (Å²) in [6.07, 6.45) is 5.58. The first-order valence-corrected chi connectivity index (χ1v) is 8.56. The first kappa shape index (κ1) is 16.7. The molecule has 1 saturated carbocycles. The highest BCUT2D eigenvalue weighted by Crippen LogP contribution is 2.40. The minimum Gasteiger partial charge on any atom is -0.316 e. The molecule has 0 spiro atoms. The number of thiazole rings is 1. The molecule has 21 heavy (non-hydrogen) atoms. The van der Waals surface area contributed by atoms with Crippen molar-refractivity contribution in [2.24, 2.45) is 11.8 Å². The van der Waals surface area contributed by atoms with E-state index >= 15 is 0 Å². The summed E-state index contributed by atoms with van der Waals surface area (Å²) in [5, 5.41) is 9.24. The zero-order valence-corrected chi connectivity index (χ0v) is 14.1. The average molecular weight is 330 g/mol. The number of halogens is 1. The van der Waals surface area contributed by atoms with Crippen molar-refractivity contribution in [2.75, 3.05) is 18.4 Å². The summed E-state index contributed by atoms with van der Waals surface area (Å²) in [5.41, 5.74) is 1.16. The monoisotopic (exact) mass is 329 g/mol. The van der Waals surface area contributed by atoms with Crippen molar-refractivity contribution in [3.8, 4) is 0 Å². The summed E-state index contributed by atoms with van der Waals surface area (Å²) in [6, 6.07) is 0. The fourth-order valence-corrected chi connectivity index (χ4v) is 3.71. The zero-order valence-electron chi connectivity index (χ0n) is 12.4. The van der Waals surface area contributed by atoms with Crippen molar-refractivity contribution in [3.63, 3.8) is 0 Å². The van der Waals surface area contributed by atoms with Crippen LogP contribution in [0.1, 0.15) is 50.6 Å². The van der Waals surface area contributed by atoms with Gasteiger partial charge in [0.05, 0.1) is 5.69 Å². The van der Waals surface area contributed by atoms with E-state index in [1.54, 1.807) is 11.3 Å². The quantitative estimate of drug-likeness (QED) is 0.870. The third-order valence-electron chi connectivity index (χ3n) is 4.41. The van der Waals surface area contributed by atoms with Crippen molar-refractivity contribution in [3.05, 3.63) is 11.1 Å². The van der Waals surface area contributed by atoms with Crippen LogP contribution in [-0.4, -0.2) is 24.0 Å². The second kappa shape index (κ2) is 7.56. The minimum absolute atomic E-state index is 0. The Bertz CT molecular complexity index is 469. The number of rotatable bonds is 5. The first-order valence-electron chi connectivity index (χ1n) is 7.68. The molecule has 0 radical (unpaired) electrons. The van der Waals surface area contributed by atoms with E-state index in [9.17, 15) is 4.79 Å². The van der Waals surface area contributed by atoms with E-state index in [0.29, 0.717) is 24.2 Å². The molecular formula is C15H24ClN3OS. The molecule has 1 aliphatic carbocycles. The largest absolute Gasteiger partial charge is 0.316 e. The maximum absolute atomic E-state index is 12.1. The van der Waals surface area contributed by atoms with Gasteiger partial charge in [0.25, 0.3) is 0 Å². The van der Waals surface area contributed by atoms with Gasteiger partial charge in [-0.1, -0.05) is 6.92 Å². The molecule has 1 aliphatic heterocycles. The van der Waals surface area contributed by atoms with Crippen LogP contribution in [0.25, 0.3) is 0 Å². The summed E-state index contributed by atoms with van der Waals surface area (Å²) >= 11 is 1.55. The van der Waals surface area contributed by atoms with E-state index in [2.05, 4.69) is 27.9 Å².